The number of hydrogen-bond donors (Lipinski definition) is 1. The maximum atomic E-state index is 12.1. The van der Waals surface area contributed by atoms with Crippen molar-refractivity contribution < 1.29 is 19.1 Å². The smallest absolute Gasteiger partial charge is 0.409 e. The molecule has 3 rings (SSSR count). The summed E-state index contributed by atoms with van der Waals surface area (Å²) in [6.45, 7) is 3.78. The summed E-state index contributed by atoms with van der Waals surface area (Å²) in [7, 11) is 2.04. The van der Waals surface area contributed by atoms with Crippen molar-refractivity contribution >= 4 is 19.3 Å². The second-order valence-corrected chi connectivity index (χ2v) is 5.09. The summed E-state index contributed by atoms with van der Waals surface area (Å²) in [4.78, 5) is 23.7. The van der Waals surface area contributed by atoms with Crippen LogP contribution in [0.1, 0.15) is 41.0 Å². The van der Waals surface area contributed by atoms with Gasteiger partial charge in [-0.3, -0.25) is 0 Å². The van der Waals surface area contributed by atoms with Crippen LogP contribution < -0.4 is 5.32 Å². The van der Waals surface area contributed by atoms with Crippen LogP contribution in [0, 0.1) is 0 Å². The van der Waals surface area contributed by atoms with Crippen molar-refractivity contribution in [1.82, 2.24) is 5.32 Å². The van der Waals surface area contributed by atoms with Crippen LogP contribution in [0.2, 0.25) is 12.6 Å². The Balaban J connectivity index is 0.000000902. The van der Waals surface area contributed by atoms with Crippen LogP contribution in [0.25, 0.3) is 0 Å². The van der Waals surface area contributed by atoms with Crippen LogP contribution in [0.4, 0.5) is 4.79 Å². The number of carbonyl (C=O) groups is 2. The standard InChI is InChI=1S/C11H15BNO4.2CH4/c1-6-11-7(12-2)4-3-5-10(11,8(14)16-6)17-9(15)13-11;;/h6-7H,3-5H2,1-2H3,(H,13,15);2*1H4/t6-,7+,10-,11-;;/m1../s1. The molecular weight excluding hydrogens is 245 g/mol. The first-order valence-corrected chi connectivity index (χ1v) is 6.08. The minimum atomic E-state index is -1.10. The number of rotatable bonds is 1. The minimum absolute atomic E-state index is 0. The molecule has 4 atom stereocenters. The molecule has 1 aliphatic carbocycles. The van der Waals surface area contributed by atoms with E-state index in [0.717, 1.165) is 12.8 Å². The van der Waals surface area contributed by atoms with Crippen molar-refractivity contribution in [3.05, 3.63) is 0 Å². The lowest BCUT2D eigenvalue weighted by atomic mass is 9.48. The Bertz CT molecular complexity index is 402. The van der Waals surface area contributed by atoms with Gasteiger partial charge in [0.15, 0.2) is 0 Å². The molecule has 0 bridgehead atoms. The topological polar surface area (TPSA) is 64.6 Å². The number of hydrogen-bond acceptors (Lipinski definition) is 4. The minimum Gasteiger partial charge on any atom is -0.457 e. The first kappa shape index (κ1) is 15.9. The van der Waals surface area contributed by atoms with E-state index in [2.05, 4.69) is 5.32 Å². The van der Waals surface area contributed by atoms with Crippen molar-refractivity contribution in [2.45, 2.75) is 70.9 Å². The molecule has 19 heavy (non-hydrogen) atoms. The Morgan fingerprint density at radius 3 is 2.68 bits per heavy atom. The lowest BCUT2D eigenvalue weighted by Gasteiger charge is -2.44. The molecule has 2 heterocycles. The molecule has 0 unspecified atom stereocenters. The summed E-state index contributed by atoms with van der Waals surface area (Å²) in [5, 5.41) is 2.86. The quantitative estimate of drug-likeness (QED) is 0.584. The lowest BCUT2D eigenvalue weighted by Crippen LogP contribution is -2.65. The fraction of sp³-hybridized carbons (Fsp3) is 0.846. The molecule has 3 fully saturated rings. The van der Waals surface area contributed by atoms with Crippen LogP contribution in [-0.2, 0) is 14.3 Å². The molecule has 0 aromatic heterocycles. The van der Waals surface area contributed by atoms with Gasteiger partial charge >= 0.3 is 12.1 Å². The second kappa shape index (κ2) is 4.73. The molecule has 1 radical (unpaired) electrons. The zero-order valence-electron chi connectivity index (χ0n) is 9.99. The average Bonchev–Trinajstić information content (AvgIpc) is 2.71. The van der Waals surface area contributed by atoms with Crippen molar-refractivity contribution in [2.24, 2.45) is 0 Å². The summed E-state index contributed by atoms with van der Waals surface area (Å²) in [6.07, 6.45) is 1.53. The van der Waals surface area contributed by atoms with E-state index >= 15 is 0 Å². The zero-order valence-corrected chi connectivity index (χ0v) is 9.99. The Morgan fingerprint density at radius 1 is 1.37 bits per heavy atom. The average molecular weight is 268 g/mol. The fourth-order valence-electron chi connectivity index (χ4n) is 3.81. The number of carbonyl (C=O) groups excluding carboxylic acids is 2. The van der Waals surface area contributed by atoms with Gasteiger partial charge in [0.2, 0.25) is 5.60 Å². The lowest BCUT2D eigenvalue weighted by molar-refractivity contribution is -0.155. The molecule has 5 nitrogen and oxygen atoms in total. The Morgan fingerprint density at radius 2 is 2.05 bits per heavy atom. The predicted octanol–water partition coefficient (Wildman–Crippen LogP) is 2.15. The summed E-state index contributed by atoms with van der Waals surface area (Å²) >= 11 is 0. The van der Waals surface area contributed by atoms with Gasteiger partial charge in [-0.2, -0.15) is 0 Å². The summed E-state index contributed by atoms with van der Waals surface area (Å²) in [5.41, 5.74) is -1.80. The Labute approximate surface area is 115 Å². The van der Waals surface area contributed by atoms with Crippen molar-refractivity contribution in [2.75, 3.05) is 0 Å². The largest absolute Gasteiger partial charge is 0.457 e. The van der Waals surface area contributed by atoms with Gasteiger partial charge in [-0.1, -0.05) is 28.1 Å². The molecule has 0 aromatic rings. The molecule has 2 saturated heterocycles. The van der Waals surface area contributed by atoms with Crippen LogP contribution >= 0.6 is 0 Å². The highest BCUT2D eigenvalue weighted by Crippen LogP contribution is 2.56. The van der Waals surface area contributed by atoms with E-state index in [-0.39, 0.29) is 26.8 Å². The third-order valence-corrected chi connectivity index (χ3v) is 4.53. The predicted molar refractivity (Wildman–Crippen MR) is 73.3 cm³/mol. The van der Waals surface area contributed by atoms with Gasteiger partial charge in [0.25, 0.3) is 0 Å². The zero-order chi connectivity index (χ0) is 12.3. The summed E-state index contributed by atoms with van der Waals surface area (Å²) in [6, 6.07) is 0. The number of ether oxygens (including phenoxy) is 2. The van der Waals surface area contributed by atoms with Crippen LogP contribution in [0.15, 0.2) is 0 Å². The number of cyclic esters (lactones) is 1. The third kappa shape index (κ3) is 1.55. The van der Waals surface area contributed by atoms with Crippen molar-refractivity contribution in [1.29, 1.82) is 0 Å². The van der Waals surface area contributed by atoms with Gasteiger partial charge in [-0.05, 0) is 19.2 Å². The highest BCUT2D eigenvalue weighted by molar-refractivity contribution is 6.36. The van der Waals surface area contributed by atoms with E-state index in [4.69, 9.17) is 9.47 Å². The highest BCUT2D eigenvalue weighted by Gasteiger charge is 2.76. The van der Waals surface area contributed by atoms with Crippen molar-refractivity contribution in [3.8, 4) is 0 Å². The number of alkyl carbamates (subject to hydrolysis) is 1. The van der Waals surface area contributed by atoms with Crippen LogP contribution in [0.5, 0.6) is 0 Å². The van der Waals surface area contributed by atoms with Gasteiger partial charge < -0.3 is 14.8 Å². The van der Waals surface area contributed by atoms with E-state index in [1.54, 1.807) is 0 Å². The maximum Gasteiger partial charge on any atom is 0.409 e. The van der Waals surface area contributed by atoms with Crippen LogP contribution in [0.3, 0.4) is 0 Å². The molecule has 1 saturated carbocycles. The van der Waals surface area contributed by atoms with Gasteiger partial charge in [0.05, 0.1) is 0 Å². The first-order chi connectivity index (χ1) is 8.07. The molecule has 0 spiro atoms. The number of nitrogens with one attached hydrogen (secondary N) is 1. The molecule has 1 N–H and O–H groups in total. The molecule has 0 aromatic carbocycles. The molecule has 2 aliphatic heterocycles. The molecular formula is C13H23BNO4. The van der Waals surface area contributed by atoms with E-state index in [9.17, 15) is 9.59 Å². The monoisotopic (exact) mass is 268 g/mol. The second-order valence-electron chi connectivity index (χ2n) is 5.09. The Kier molecular flexibility index (Phi) is 3.94. The number of amides is 1. The maximum absolute atomic E-state index is 12.1. The van der Waals surface area contributed by atoms with Gasteiger partial charge in [-0.25, -0.2) is 9.59 Å². The van der Waals surface area contributed by atoms with E-state index in [1.165, 1.54) is 0 Å². The molecule has 3 aliphatic rings. The third-order valence-electron chi connectivity index (χ3n) is 4.53. The summed E-state index contributed by atoms with van der Waals surface area (Å²) < 4.78 is 10.7. The van der Waals surface area contributed by atoms with Gasteiger partial charge in [0.1, 0.15) is 18.9 Å². The van der Waals surface area contributed by atoms with E-state index < -0.39 is 23.2 Å². The van der Waals surface area contributed by atoms with Crippen LogP contribution in [-0.4, -0.2) is 36.6 Å². The molecule has 1 amide bonds. The summed E-state index contributed by atoms with van der Waals surface area (Å²) in [5.74, 6) is -0.279. The van der Waals surface area contributed by atoms with Gasteiger partial charge in [0, 0.05) is 6.42 Å². The normalized spacial score (nSPS) is 42.6. The number of esters is 1. The SMILES string of the molecule is C.C.C[B][C@H]1CCC[C@]23OC(=O)N[C@]12[C@@H](C)OC3=O. The highest BCUT2D eigenvalue weighted by atomic mass is 16.6. The fourth-order valence-corrected chi connectivity index (χ4v) is 3.81. The van der Waals surface area contributed by atoms with Gasteiger partial charge in [-0.15, -0.1) is 0 Å². The van der Waals surface area contributed by atoms with E-state index in [1.807, 2.05) is 21.0 Å². The van der Waals surface area contributed by atoms with E-state index in [0.29, 0.717) is 6.42 Å². The van der Waals surface area contributed by atoms with Crippen molar-refractivity contribution in [3.63, 3.8) is 0 Å². The first-order valence-electron chi connectivity index (χ1n) is 6.08. The molecule has 6 heteroatoms. The Hall–Kier alpha value is -1.20. The molecule has 107 valence electrons.